The second kappa shape index (κ2) is 11.8. The Hall–Kier alpha value is -3.68. The van der Waals surface area contributed by atoms with Crippen molar-refractivity contribution in [2.75, 3.05) is 32.1 Å². The van der Waals surface area contributed by atoms with Crippen LogP contribution in [0.5, 0.6) is 5.88 Å². The molecule has 3 rings (SSSR count). The van der Waals surface area contributed by atoms with Gasteiger partial charge in [-0.3, -0.25) is 4.79 Å². The molecule has 194 valence electrons. The average Bonchev–Trinajstić information content (AvgIpc) is 2.85. The van der Waals surface area contributed by atoms with Gasteiger partial charge in [0, 0.05) is 38.4 Å². The number of urea groups is 1. The number of hydrogen-bond donors (Lipinski definition) is 3. The first-order valence-electron chi connectivity index (χ1n) is 11.6. The number of fused-ring (bicyclic) bond motifs is 1. The topological polar surface area (TPSA) is 115 Å². The molecule has 0 spiro atoms. The van der Waals surface area contributed by atoms with Crippen molar-refractivity contribution in [3.05, 3.63) is 53.5 Å². The van der Waals surface area contributed by atoms with Crippen LogP contribution in [0.1, 0.15) is 38.1 Å². The number of aliphatic hydroxyl groups is 2. The van der Waals surface area contributed by atoms with E-state index in [-0.39, 0.29) is 44.4 Å². The van der Waals surface area contributed by atoms with E-state index in [1.54, 1.807) is 24.9 Å². The maximum Gasteiger partial charge on any atom is 0.321 e. The third-order valence-electron chi connectivity index (χ3n) is 5.84. The van der Waals surface area contributed by atoms with Crippen molar-refractivity contribution in [2.24, 2.45) is 5.92 Å². The summed E-state index contributed by atoms with van der Waals surface area (Å²) in [6, 6.07) is 6.13. The van der Waals surface area contributed by atoms with E-state index < -0.39 is 30.1 Å². The zero-order valence-corrected chi connectivity index (χ0v) is 20.7. The number of halogens is 1. The lowest BCUT2D eigenvalue weighted by molar-refractivity contribution is 0.0356. The molecule has 0 unspecified atom stereocenters. The minimum absolute atomic E-state index is 0. The van der Waals surface area contributed by atoms with Crippen molar-refractivity contribution in [3.8, 4) is 17.7 Å². The number of benzene rings is 1. The van der Waals surface area contributed by atoms with Crippen LogP contribution in [0, 0.1) is 23.6 Å². The first-order valence-corrected chi connectivity index (χ1v) is 11.6. The summed E-state index contributed by atoms with van der Waals surface area (Å²) < 4.78 is 19.3. The average molecular weight is 501 g/mol. The van der Waals surface area contributed by atoms with Crippen molar-refractivity contribution in [3.63, 3.8) is 0 Å². The summed E-state index contributed by atoms with van der Waals surface area (Å²) in [5.74, 6) is 4.53. The zero-order chi connectivity index (χ0) is 26.4. The molecule has 3 N–H and O–H groups in total. The maximum absolute atomic E-state index is 13.4. The summed E-state index contributed by atoms with van der Waals surface area (Å²) in [5, 5.41) is 21.9. The van der Waals surface area contributed by atoms with E-state index in [9.17, 15) is 24.2 Å². The molecule has 0 radical (unpaired) electrons. The predicted molar refractivity (Wildman–Crippen MR) is 134 cm³/mol. The van der Waals surface area contributed by atoms with Crippen LogP contribution in [-0.4, -0.2) is 81.9 Å². The smallest absolute Gasteiger partial charge is 0.321 e. The summed E-state index contributed by atoms with van der Waals surface area (Å²) in [4.78, 5) is 33.4. The number of aliphatic hydroxyl groups excluding tert-OH is 2. The quantitative estimate of drug-likeness (QED) is 0.544. The molecule has 4 atom stereocenters. The predicted octanol–water partition coefficient (Wildman–Crippen LogP) is 2.58. The van der Waals surface area contributed by atoms with E-state index in [2.05, 4.69) is 22.1 Å². The molecule has 1 aliphatic rings. The third kappa shape index (κ3) is 6.71. The number of carbonyl (C=O) groups is 2. The van der Waals surface area contributed by atoms with Gasteiger partial charge in [-0.05, 0) is 44.2 Å². The van der Waals surface area contributed by atoms with Gasteiger partial charge in [0.25, 0.3) is 5.91 Å². The highest BCUT2D eigenvalue weighted by Crippen LogP contribution is 2.27. The summed E-state index contributed by atoms with van der Waals surface area (Å²) in [6.45, 7) is 5.40. The number of nitrogens with one attached hydrogen (secondary N) is 1. The zero-order valence-electron chi connectivity index (χ0n) is 20.7. The van der Waals surface area contributed by atoms with Crippen LogP contribution >= 0.6 is 0 Å². The Morgan fingerprint density at radius 2 is 2.08 bits per heavy atom. The molecule has 10 heteroatoms. The number of amides is 3. The fourth-order valence-corrected chi connectivity index (χ4v) is 3.68. The van der Waals surface area contributed by atoms with E-state index in [1.165, 1.54) is 42.3 Å². The van der Waals surface area contributed by atoms with Crippen LogP contribution in [0.3, 0.4) is 0 Å². The Kier molecular flexibility index (Phi) is 8.85. The Balaban J connectivity index is 0.00000481. The molecule has 1 aromatic carbocycles. The highest BCUT2D eigenvalue weighted by Gasteiger charge is 2.34. The highest BCUT2D eigenvalue weighted by atomic mass is 19.1. The van der Waals surface area contributed by atoms with Crippen molar-refractivity contribution in [2.45, 2.75) is 39.0 Å². The van der Waals surface area contributed by atoms with Crippen molar-refractivity contribution in [1.29, 1.82) is 0 Å². The van der Waals surface area contributed by atoms with E-state index in [0.29, 0.717) is 11.3 Å². The van der Waals surface area contributed by atoms with E-state index in [0.717, 1.165) is 0 Å². The molecule has 0 bridgehead atoms. The van der Waals surface area contributed by atoms with Gasteiger partial charge in [-0.15, -0.1) is 0 Å². The number of nitrogens with zero attached hydrogens (tertiary/aromatic N) is 3. The molecule has 2 aromatic rings. The Morgan fingerprint density at radius 1 is 1.39 bits per heavy atom. The molecular formula is C26H33FN4O5. The Bertz CT molecular complexity index is 1150. The summed E-state index contributed by atoms with van der Waals surface area (Å²) in [6.07, 6.45) is 0.0816. The molecule has 9 nitrogen and oxygen atoms in total. The number of carbonyl (C=O) groups excluding carboxylic acids is 2. The lowest BCUT2D eigenvalue weighted by Crippen LogP contribution is -2.50. The van der Waals surface area contributed by atoms with Crippen LogP contribution in [0.15, 0.2) is 36.5 Å². The van der Waals surface area contributed by atoms with Crippen molar-refractivity contribution in [1.82, 2.24) is 14.8 Å². The molecule has 0 saturated carbocycles. The third-order valence-corrected chi connectivity index (χ3v) is 5.84. The second-order valence-electron chi connectivity index (χ2n) is 8.96. The Labute approximate surface area is 211 Å². The highest BCUT2D eigenvalue weighted by molar-refractivity contribution is 5.97. The standard InChI is InChI=1S/C26H31FN4O5.H2/c1-16-13-31(17(2)15-32)25(34)22-11-19(6-5-18(3)33)12-28-24(22)36-23(16)14-30(4)26(35)29-21-9-7-20(27)8-10-21;/h7-12,16-18,23,32-33H,13-15H2,1-4H3,(H,29,35);1H/t16-,17+,18-,23-;/m0./s1. The number of rotatable bonds is 5. The van der Waals surface area contributed by atoms with Gasteiger partial charge >= 0.3 is 6.03 Å². The first kappa shape index (κ1) is 26.9. The number of likely N-dealkylation sites (N-methyl/N-ethyl adjacent to an activating group) is 1. The molecule has 0 fully saturated rings. The number of hydrogen-bond acceptors (Lipinski definition) is 6. The SMILES string of the molecule is C[C@H](O)C#Cc1cnc2c(c1)C(=O)N([C@H](C)CO)C[C@H](C)[C@H](CN(C)C(=O)Nc1ccc(F)cc1)O2.[HH]. The molecule has 36 heavy (non-hydrogen) atoms. The molecule has 2 heterocycles. The van der Waals surface area contributed by atoms with Crippen LogP contribution in [0.2, 0.25) is 0 Å². The molecule has 0 aliphatic carbocycles. The molecule has 1 aromatic heterocycles. The summed E-state index contributed by atoms with van der Waals surface area (Å²) in [5.41, 5.74) is 1.07. The van der Waals surface area contributed by atoms with Crippen LogP contribution < -0.4 is 10.1 Å². The fraction of sp³-hybridized carbons (Fsp3) is 0.423. The van der Waals surface area contributed by atoms with Gasteiger partial charge in [0.05, 0.1) is 19.2 Å². The molecule has 0 saturated heterocycles. The van der Waals surface area contributed by atoms with Crippen molar-refractivity contribution < 1.29 is 30.4 Å². The first-order chi connectivity index (χ1) is 17.1. The van der Waals surface area contributed by atoms with E-state index in [1.807, 2.05) is 6.92 Å². The van der Waals surface area contributed by atoms with Gasteiger partial charge in [-0.2, -0.15) is 0 Å². The van der Waals surface area contributed by atoms with Crippen LogP contribution in [0.25, 0.3) is 0 Å². The summed E-state index contributed by atoms with van der Waals surface area (Å²) >= 11 is 0. The lowest BCUT2D eigenvalue weighted by atomic mass is 10.00. The monoisotopic (exact) mass is 500 g/mol. The number of ether oxygens (including phenoxy) is 1. The molecule has 3 amide bonds. The molecule has 1 aliphatic heterocycles. The van der Waals surface area contributed by atoms with E-state index >= 15 is 0 Å². The minimum atomic E-state index is -0.841. The van der Waals surface area contributed by atoms with E-state index in [4.69, 9.17) is 4.74 Å². The maximum atomic E-state index is 13.4. The largest absolute Gasteiger partial charge is 0.472 e. The van der Waals surface area contributed by atoms with Gasteiger partial charge in [0.1, 0.15) is 23.6 Å². The Morgan fingerprint density at radius 3 is 2.72 bits per heavy atom. The normalized spacial score (nSPS) is 19.0. The second-order valence-corrected chi connectivity index (χ2v) is 8.96. The number of pyridine rings is 1. The lowest BCUT2D eigenvalue weighted by Gasteiger charge is -2.37. The van der Waals surface area contributed by atoms with Gasteiger partial charge in [-0.1, -0.05) is 18.8 Å². The van der Waals surface area contributed by atoms with Crippen LogP contribution in [0.4, 0.5) is 14.9 Å². The summed E-state index contributed by atoms with van der Waals surface area (Å²) in [7, 11) is 1.61. The van der Waals surface area contributed by atoms with Crippen LogP contribution in [-0.2, 0) is 0 Å². The van der Waals surface area contributed by atoms with Crippen molar-refractivity contribution >= 4 is 17.6 Å². The molecular weight excluding hydrogens is 467 g/mol. The van der Waals surface area contributed by atoms with Gasteiger partial charge < -0.3 is 30.1 Å². The van der Waals surface area contributed by atoms with Gasteiger partial charge in [0.15, 0.2) is 0 Å². The van der Waals surface area contributed by atoms with Gasteiger partial charge in [-0.25, -0.2) is 14.2 Å². The fourth-order valence-electron chi connectivity index (χ4n) is 3.68. The number of aromatic nitrogens is 1. The number of anilines is 1. The van der Waals surface area contributed by atoms with Gasteiger partial charge in [0.2, 0.25) is 5.88 Å². The minimum Gasteiger partial charge on any atom is -0.472 e.